The molecule has 0 bridgehead atoms. The summed E-state index contributed by atoms with van der Waals surface area (Å²) in [6, 6.07) is 0. The molecule has 1 saturated heterocycles. The van der Waals surface area contributed by atoms with Crippen molar-refractivity contribution >= 4 is 39.0 Å². The maximum absolute atomic E-state index is 14.7. The first-order valence-corrected chi connectivity index (χ1v) is 7.67. The van der Waals surface area contributed by atoms with Crippen molar-refractivity contribution in [2.45, 2.75) is 19.0 Å². The van der Waals surface area contributed by atoms with Crippen LogP contribution in [0.15, 0.2) is 11.6 Å². The van der Waals surface area contributed by atoms with Crippen LogP contribution in [-0.2, 0) is 4.79 Å². The first kappa shape index (κ1) is 13.4. The van der Waals surface area contributed by atoms with Crippen LogP contribution in [0.2, 0.25) is 0 Å². The molecule has 9 heteroatoms. The maximum atomic E-state index is 14.7. The third kappa shape index (κ3) is 2.50. The molecule has 6 nitrogen and oxygen atoms in total. The Morgan fingerprint density at radius 2 is 2.45 bits per heavy atom. The number of nitrogens with one attached hydrogen (secondary N) is 1. The molecule has 1 unspecified atom stereocenters. The van der Waals surface area contributed by atoms with Crippen LogP contribution in [0.25, 0.3) is 0 Å². The Kier molecular flexibility index (Phi) is 3.38. The largest absolute Gasteiger partial charge is 0.343 e. The number of nitrogens with zero attached hydrogens (tertiary/aromatic N) is 4. The highest BCUT2D eigenvalue weighted by Gasteiger charge is 2.46. The van der Waals surface area contributed by atoms with Gasteiger partial charge in [0.2, 0.25) is 10.8 Å². The molecule has 2 aromatic heterocycles. The van der Waals surface area contributed by atoms with Crippen molar-refractivity contribution < 1.29 is 9.18 Å². The Balaban J connectivity index is 1.69. The molecular weight excluding hydrogens is 301 g/mol. The zero-order valence-corrected chi connectivity index (χ0v) is 12.3. The van der Waals surface area contributed by atoms with Crippen molar-refractivity contribution in [1.82, 2.24) is 14.3 Å². The summed E-state index contributed by atoms with van der Waals surface area (Å²) in [7, 11) is 0. The minimum Gasteiger partial charge on any atom is -0.343 e. The fraction of sp³-hybridized carbons (Fsp3) is 0.455. The van der Waals surface area contributed by atoms with E-state index < -0.39 is 11.6 Å². The number of alkyl halides is 1. The van der Waals surface area contributed by atoms with Gasteiger partial charge < -0.3 is 4.90 Å². The average Bonchev–Trinajstić information content (AvgIpc) is 3.11. The van der Waals surface area contributed by atoms with Crippen molar-refractivity contribution in [3.63, 3.8) is 0 Å². The van der Waals surface area contributed by atoms with Gasteiger partial charge in [-0.15, -0.1) is 11.3 Å². The lowest BCUT2D eigenvalue weighted by Gasteiger charge is -2.18. The first-order chi connectivity index (χ1) is 9.57. The molecule has 20 heavy (non-hydrogen) atoms. The number of aryl methyl sites for hydroxylation is 1. The summed E-state index contributed by atoms with van der Waals surface area (Å²) >= 11 is 2.49. The molecule has 106 valence electrons. The molecule has 1 N–H and O–H groups in total. The normalized spacial score (nSPS) is 22.2. The van der Waals surface area contributed by atoms with E-state index in [1.807, 2.05) is 0 Å². The van der Waals surface area contributed by atoms with E-state index in [9.17, 15) is 9.18 Å². The molecular formula is C11H12FN5OS2. The Bertz CT molecular complexity index is 616. The lowest BCUT2D eigenvalue weighted by molar-refractivity contribution is -0.126. The third-order valence-corrected chi connectivity index (χ3v) is 4.62. The number of hydrogen-bond donors (Lipinski definition) is 1. The number of carbonyl (C=O) groups excluding carboxylic acids is 1. The standard InChI is InChI=1S/C11H12FN5OS2/c1-7-14-10(20-16-7)17-4-2-11(12,6-17)8(18)15-9-13-3-5-19-9/h3,5H,2,4,6H2,1H3,(H,13,15,18). The second kappa shape index (κ2) is 5.06. The van der Waals surface area contributed by atoms with E-state index in [1.165, 1.54) is 22.9 Å². The van der Waals surface area contributed by atoms with Crippen LogP contribution in [0, 0.1) is 6.92 Å². The molecule has 1 fully saturated rings. The van der Waals surface area contributed by atoms with Crippen LogP contribution in [-0.4, -0.2) is 39.0 Å². The van der Waals surface area contributed by atoms with Crippen molar-refractivity contribution in [3.05, 3.63) is 17.4 Å². The zero-order valence-electron chi connectivity index (χ0n) is 10.7. The highest BCUT2D eigenvalue weighted by molar-refractivity contribution is 7.13. The SMILES string of the molecule is Cc1nsc(N2CCC(F)(C(=O)Nc3nccs3)C2)n1. The summed E-state index contributed by atoms with van der Waals surface area (Å²) in [6.07, 6.45) is 1.71. The van der Waals surface area contributed by atoms with Crippen LogP contribution in [0.5, 0.6) is 0 Å². The van der Waals surface area contributed by atoms with E-state index >= 15 is 0 Å². The maximum Gasteiger partial charge on any atom is 0.265 e. The molecule has 0 spiro atoms. The molecule has 3 rings (SSSR count). The monoisotopic (exact) mass is 313 g/mol. The van der Waals surface area contributed by atoms with Crippen LogP contribution >= 0.6 is 22.9 Å². The summed E-state index contributed by atoms with van der Waals surface area (Å²) in [5.74, 6) is 0.0183. The molecule has 0 saturated carbocycles. The van der Waals surface area contributed by atoms with Gasteiger partial charge in [0.1, 0.15) is 5.82 Å². The predicted octanol–water partition coefficient (Wildman–Crippen LogP) is 1.86. The van der Waals surface area contributed by atoms with E-state index in [-0.39, 0.29) is 13.0 Å². The summed E-state index contributed by atoms with van der Waals surface area (Å²) in [6.45, 7) is 2.24. The van der Waals surface area contributed by atoms with Gasteiger partial charge in [-0.2, -0.15) is 4.37 Å². The number of thiazole rings is 1. The summed E-state index contributed by atoms with van der Waals surface area (Å²) < 4.78 is 18.8. The van der Waals surface area contributed by atoms with Crippen LogP contribution < -0.4 is 10.2 Å². The molecule has 1 aliphatic rings. The molecule has 3 heterocycles. The molecule has 1 amide bonds. The lowest BCUT2D eigenvalue weighted by Crippen LogP contribution is -2.41. The van der Waals surface area contributed by atoms with Gasteiger partial charge in [0.05, 0.1) is 6.54 Å². The highest BCUT2D eigenvalue weighted by Crippen LogP contribution is 2.31. The van der Waals surface area contributed by atoms with Gasteiger partial charge in [0.25, 0.3) is 5.91 Å². The van der Waals surface area contributed by atoms with E-state index in [4.69, 9.17) is 0 Å². The number of aromatic nitrogens is 3. The van der Waals surface area contributed by atoms with Crippen molar-refractivity contribution in [2.24, 2.45) is 0 Å². The van der Waals surface area contributed by atoms with E-state index in [0.29, 0.717) is 22.6 Å². The highest BCUT2D eigenvalue weighted by atomic mass is 32.1. The van der Waals surface area contributed by atoms with Gasteiger partial charge in [-0.1, -0.05) is 0 Å². The van der Waals surface area contributed by atoms with Gasteiger partial charge >= 0.3 is 0 Å². The van der Waals surface area contributed by atoms with Crippen molar-refractivity contribution in [2.75, 3.05) is 23.3 Å². The smallest absolute Gasteiger partial charge is 0.265 e. The summed E-state index contributed by atoms with van der Waals surface area (Å²) in [5.41, 5.74) is -1.91. The van der Waals surface area contributed by atoms with Crippen molar-refractivity contribution in [3.8, 4) is 0 Å². The Morgan fingerprint density at radius 3 is 3.10 bits per heavy atom. The number of hydrogen-bond acceptors (Lipinski definition) is 7. The average molecular weight is 313 g/mol. The summed E-state index contributed by atoms with van der Waals surface area (Å²) in [5, 5.41) is 5.31. The van der Waals surface area contributed by atoms with Gasteiger partial charge in [-0.05, 0) is 6.92 Å². The number of anilines is 2. The second-order valence-corrected chi connectivity index (χ2v) is 6.18. The van der Waals surface area contributed by atoms with Crippen molar-refractivity contribution in [1.29, 1.82) is 0 Å². The van der Waals surface area contributed by atoms with E-state index in [0.717, 1.165) is 0 Å². The Morgan fingerprint density at radius 1 is 1.60 bits per heavy atom. The fourth-order valence-electron chi connectivity index (χ4n) is 2.03. The minimum atomic E-state index is -1.91. The number of rotatable bonds is 3. The molecule has 1 atom stereocenters. The third-order valence-electron chi connectivity index (χ3n) is 3.07. The van der Waals surface area contributed by atoms with Crippen LogP contribution in [0.3, 0.4) is 0 Å². The lowest BCUT2D eigenvalue weighted by atomic mass is 10.1. The van der Waals surface area contributed by atoms with E-state index in [2.05, 4.69) is 19.7 Å². The fourth-order valence-corrected chi connectivity index (χ4v) is 3.25. The topological polar surface area (TPSA) is 71.0 Å². The van der Waals surface area contributed by atoms with Gasteiger partial charge in [-0.25, -0.2) is 14.4 Å². The zero-order chi connectivity index (χ0) is 14.2. The first-order valence-electron chi connectivity index (χ1n) is 6.02. The van der Waals surface area contributed by atoms with Gasteiger partial charge in [-0.3, -0.25) is 10.1 Å². The molecule has 0 aromatic carbocycles. The quantitative estimate of drug-likeness (QED) is 0.936. The minimum absolute atomic E-state index is 0.00115. The van der Waals surface area contributed by atoms with Gasteiger partial charge in [0.15, 0.2) is 5.13 Å². The number of amides is 1. The van der Waals surface area contributed by atoms with Crippen LogP contribution in [0.1, 0.15) is 12.2 Å². The van der Waals surface area contributed by atoms with Gasteiger partial charge in [0, 0.05) is 36.1 Å². The number of carbonyl (C=O) groups is 1. The number of halogens is 1. The Labute approximate surface area is 122 Å². The van der Waals surface area contributed by atoms with Crippen LogP contribution in [0.4, 0.5) is 14.7 Å². The van der Waals surface area contributed by atoms with E-state index in [1.54, 1.807) is 23.4 Å². The Hall–Kier alpha value is -1.61. The summed E-state index contributed by atoms with van der Waals surface area (Å²) in [4.78, 5) is 21.9. The predicted molar refractivity (Wildman–Crippen MR) is 76.1 cm³/mol. The molecule has 0 radical (unpaired) electrons. The molecule has 0 aliphatic carbocycles. The second-order valence-electron chi connectivity index (χ2n) is 4.55. The molecule has 1 aliphatic heterocycles. The molecule has 2 aromatic rings.